The molecule has 3 aliphatic rings. The molecule has 0 unspecified atom stereocenters. The van der Waals surface area contributed by atoms with Gasteiger partial charge in [-0.15, -0.1) is 0 Å². The summed E-state index contributed by atoms with van der Waals surface area (Å²) in [4.78, 5) is 16.5. The zero-order valence-corrected chi connectivity index (χ0v) is 24.1. The molecular formula is C28H31ClN6O2S2. The Bertz CT molecular complexity index is 1490. The van der Waals surface area contributed by atoms with Gasteiger partial charge in [0, 0.05) is 24.0 Å². The zero-order chi connectivity index (χ0) is 27.2. The van der Waals surface area contributed by atoms with Crippen molar-refractivity contribution < 1.29 is 8.42 Å². The number of sulfonamides is 1. The van der Waals surface area contributed by atoms with E-state index in [1.165, 1.54) is 35.2 Å². The third-order valence-electron chi connectivity index (χ3n) is 8.44. The first-order valence-corrected chi connectivity index (χ1v) is 15.8. The molecule has 2 fully saturated rings. The quantitative estimate of drug-likeness (QED) is 0.424. The lowest BCUT2D eigenvalue weighted by atomic mass is 9.73. The predicted octanol–water partition coefficient (Wildman–Crippen LogP) is 5.49. The van der Waals surface area contributed by atoms with Crippen LogP contribution in [-0.2, 0) is 16.6 Å². The highest BCUT2D eigenvalue weighted by Crippen LogP contribution is 2.48. The number of rotatable bonds is 5. The number of halogens is 1. The lowest BCUT2D eigenvalue weighted by Crippen LogP contribution is -2.48. The summed E-state index contributed by atoms with van der Waals surface area (Å²) >= 11 is 7.99. The first kappa shape index (κ1) is 26.6. The molecular weight excluding hydrogens is 552 g/mol. The molecule has 11 heteroatoms. The van der Waals surface area contributed by atoms with E-state index >= 15 is 0 Å². The average molecular weight is 583 g/mol. The Balaban J connectivity index is 1.16. The number of nitrogens with zero attached hydrogens (tertiary/aromatic N) is 5. The van der Waals surface area contributed by atoms with Crippen LogP contribution >= 0.6 is 23.4 Å². The van der Waals surface area contributed by atoms with Gasteiger partial charge in [0.15, 0.2) is 0 Å². The molecule has 8 nitrogen and oxygen atoms in total. The highest BCUT2D eigenvalue weighted by Gasteiger charge is 2.46. The van der Waals surface area contributed by atoms with Crippen LogP contribution in [0.1, 0.15) is 38.2 Å². The number of benzene rings is 2. The summed E-state index contributed by atoms with van der Waals surface area (Å²) < 4.78 is 28.2. The van der Waals surface area contributed by atoms with Gasteiger partial charge in [0.25, 0.3) is 10.0 Å². The number of hydrogen-bond donors (Lipinski definition) is 1. The fraction of sp³-hybridized carbons (Fsp3) is 0.393. The topological polar surface area (TPSA) is 105 Å². The van der Waals surface area contributed by atoms with E-state index in [-0.39, 0.29) is 27.9 Å². The molecule has 204 valence electrons. The lowest BCUT2D eigenvalue weighted by Gasteiger charge is -2.43. The highest BCUT2D eigenvalue weighted by molar-refractivity contribution is 7.99. The average Bonchev–Trinajstić information content (AvgIpc) is 3.21. The SMILES string of the molecule is C[C@@H]1CCC2(CCN(c3cnc(Sc4ccc5c(c4Cl)S(=O)(=O)N(Cc4ccccc4)C=N5)cn3)CC2)[C@@H]1N. The van der Waals surface area contributed by atoms with Crippen molar-refractivity contribution in [3.05, 3.63) is 65.4 Å². The number of aliphatic imine (C=N–C) groups is 1. The number of nitrogens with two attached hydrogens (primary N) is 1. The Kier molecular flexibility index (Phi) is 7.07. The van der Waals surface area contributed by atoms with E-state index in [2.05, 4.69) is 26.8 Å². The molecule has 0 bridgehead atoms. The predicted molar refractivity (Wildman–Crippen MR) is 155 cm³/mol. The number of fused-ring (bicyclic) bond motifs is 1. The Morgan fingerprint density at radius 3 is 2.51 bits per heavy atom. The lowest BCUT2D eigenvalue weighted by molar-refractivity contribution is 0.186. The van der Waals surface area contributed by atoms with Crippen molar-refractivity contribution in [2.75, 3.05) is 18.0 Å². The fourth-order valence-electron chi connectivity index (χ4n) is 6.02. The van der Waals surface area contributed by atoms with E-state index in [1.807, 2.05) is 30.3 Å². The van der Waals surface area contributed by atoms with Crippen molar-refractivity contribution in [1.29, 1.82) is 0 Å². The van der Waals surface area contributed by atoms with Gasteiger partial charge in [-0.2, -0.15) is 0 Å². The summed E-state index contributed by atoms with van der Waals surface area (Å²) in [6.07, 6.45) is 9.46. The van der Waals surface area contributed by atoms with Gasteiger partial charge >= 0.3 is 0 Å². The Labute approximate surface area is 238 Å². The fourth-order valence-corrected chi connectivity index (χ4v) is 8.86. The molecule has 39 heavy (non-hydrogen) atoms. The molecule has 6 rings (SSSR count). The molecule has 1 spiro atoms. The molecule has 1 aliphatic carbocycles. The maximum atomic E-state index is 13.5. The van der Waals surface area contributed by atoms with Crippen molar-refractivity contribution in [2.24, 2.45) is 22.1 Å². The van der Waals surface area contributed by atoms with E-state index < -0.39 is 10.0 Å². The second-order valence-corrected chi connectivity index (χ2v) is 14.0. The minimum atomic E-state index is -3.88. The highest BCUT2D eigenvalue weighted by atomic mass is 35.5. The van der Waals surface area contributed by atoms with Crippen molar-refractivity contribution in [3.63, 3.8) is 0 Å². The van der Waals surface area contributed by atoms with Crippen LogP contribution in [0.2, 0.25) is 5.02 Å². The van der Waals surface area contributed by atoms with Crippen molar-refractivity contribution >= 4 is 51.2 Å². The van der Waals surface area contributed by atoms with Gasteiger partial charge in [0.1, 0.15) is 22.1 Å². The van der Waals surface area contributed by atoms with Gasteiger partial charge in [-0.1, -0.05) is 60.6 Å². The van der Waals surface area contributed by atoms with Gasteiger partial charge < -0.3 is 10.6 Å². The van der Waals surface area contributed by atoms with Crippen LogP contribution in [0.4, 0.5) is 11.5 Å². The third kappa shape index (κ3) is 4.92. The minimum Gasteiger partial charge on any atom is -0.355 e. The van der Waals surface area contributed by atoms with Crippen LogP contribution in [0.5, 0.6) is 0 Å². The third-order valence-corrected chi connectivity index (χ3v) is 11.8. The molecule has 2 N–H and O–H groups in total. The van der Waals surface area contributed by atoms with Gasteiger partial charge in [0.05, 0.1) is 29.6 Å². The van der Waals surface area contributed by atoms with Crippen LogP contribution in [0.3, 0.4) is 0 Å². The van der Waals surface area contributed by atoms with Crippen LogP contribution in [0.15, 0.2) is 74.7 Å². The second kappa shape index (κ2) is 10.4. The largest absolute Gasteiger partial charge is 0.355 e. The Morgan fingerprint density at radius 1 is 1.08 bits per heavy atom. The molecule has 2 aromatic carbocycles. The van der Waals surface area contributed by atoms with Crippen molar-refractivity contribution in [2.45, 2.75) is 60.0 Å². The first-order chi connectivity index (χ1) is 18.8. The molecule has 3 aromatic rings. The van der Waals surface area contributed by atoms with E-state index in [9.17, 15) is 8.42 Å². The van der Waals surface area contributed by atoms with Gasteiger partial charge in [-0.3, -0.25) is 4.31 Å². The minimum absolute atomic E-state index is 0.0128. The normalized spacial score (nSPS) is 23.3. The van der Waals surface area contributed by atoms with Gasteiger partial charge in [-0.05, 0) is 54.7 Å². The Hall–Kier alpha value is -2.66. The number of piperidine rings is 1. The number of aromatic nitrogens is 2. The number of hydrogen-bond acceptors (Lipinski definition) is 8. The summed E-state index contributed by atoms with van der Waals surface area (Å²) in [5.74, 6) is 1.44. The number of anilines is 1. The van der Waals surface area contributed by atoms with Crippen LogP contribution in [0.25, 0.3) is 0 Å². The van der Waals surface area contributed by atoms with Gasteiger partial charge in [-0.25, -0.2) is 23.4 Å². The summed E-state index contributed by atoms with van der Waals surface area (Å²) in [6.45, 7) is 4.30. The van der Waals surface area contributed by atoms with E-state index in [0.29, 0.717) is 21.5 Å². The van der Waals surface area contributed by atoms with Crippen LogP contribution in [0, 0.1) is 11.3 Å². The summed E-state index contributed by atoms with van der Waals surface area (Å²) in [5.41, 5.74) is 8.03. The maximum Gasteiger partial charge on any atom is 0.269 e. The van der Waals surface area contributed by atoms with E-state index in [1.54, 1.807) is 24.5 Å². The first-order valence-electron chi connectivity index (χ1n) is 13.2. The Morgan fingerprint density at radius 2 is 1.85 bits per heavy atom. The second-order valence-electron chi connectivity index (χ2n) is 10.7. The molecule has 0 amide bonds. The summed E-state index contributed by atoms with van der Waals surface area (Å²) in [5, 5.41) is 0.778. The molecule has 1 saturated heterocycles. The maximum absolute atomic E-state index is 13.5. The molecule has 0 radical (unpaired) electrons. The summed E-state index contributed by atoms with van der Waals surface area (Å²) in [6, 6.07) is 13.1. The smallest absolute Gasteiger partial charge is 0.269 e. The monoisotopic (exact) mass is 582 g/mol. The van der Waals surface area contributed by atoms with Crippen LogP contribution in [-0.4, -0.2) is 48.2 Å². The molecule has 2 atom stereocenters. The molecule has 1 saturated carbocycles. The molecule has 1 aromatic heterocycles. The van der Waals surface area contributed by atoms with Crippen molar-refractivity contribution in [3.8, 4) is 0 Å². The van der Waals surface area contributed by atoms with Crippen LogP contribution < -0.4 is 10.6 Å². The summed E-state index contributed by atoms with van der Waals surface area (Å²) in [7, 11) is -3.88. The van der Waals surface area contributed by atoms with E-state index in [0.717, 1.165) is 37.3 Å². The molecule has 3 heterocycles. The van der Waals surface area contributed by atoms with Crippen molar-refractivity contribution in [1.82, 2.24) is 14.3 Å². The standard InChI is InChI=1S/C28H31ClN6O2S2/c1-19-9-10-28(27(19)30)11-13-34(14-12-28)23-15-32-24(16-31-23)38-22-8-7-21-26(25(22)29)39(36,37)35(18-33-21)17-20-5-3-2-4-6-20/h2-8,15-16,18-19,27H,9-14,17,30H2,1H3/t19-,27-/m1/s1. The zero-order valence-electron chi connectivity index (χ0n) is 21.7. The molecule has 2 aliphatic heterocycles. The van der Waals surface area contributed by atoms with Gasteiger partial charge in [0.2, 0.25) is 0 Å². The van der Waals surface area contributed by atoms with E-state index in [4.69, 9.17) is 17.3 Å².